The minimum absolute atomic E-state index is 0.110. The molecule has 0 fully saturated rings. The monoisotopic (exact) mass is 428 g/mol. The van der Waals surface area contributed by atoms with E-state index in [1.165, 1.54) is 0 Å². The van der Waals surface area contributed by atoms with Gasteiger partial charge in [0.25, 0.3) is 0 Å². The fourth-order valence-electron chi connectivity index (χ4n) is 3.01. The molecule has 0 heterocycles. The number of carboxylic acids is 1. The summed E-state index contributed by atoms with van der Waals surface area (Å²) in [5, 5.41) is 27.3. The maximum absolute atomic E-state index is 10.8. The first kappa shape index (κ1) is 21.6. The van der Waals surface area contributed by atoms with Crippen LogP contribution in [0.5, 0.6) is 5.75 Å². The molecule has 0 unspecified atom stereocenters. The zero-order valence-corrected chi connectivity index (χ0v) is 17.1. The van der Waals surface area contributed by atoms with Gasteiger partial charge < -0.3 is 9.84 Å². The number of aliphatic carboxylic acids is 1. The Morgan fingerprint density at radius 3 is 1.94 bits per heavy atom. The number of nitrogens with zero attached hydrogens (tertiary/aromatic N) is 2. The highest BCUT2D eigenvalue weighted by Crippen LogP contribution is 2.27. The van der Waals surface area contributed by atoms with Crippen molar-refractivity contribution < 1.29 is 14.6 Å². The lowest BCUT2D eigenvalue weighted by Crippen LogP contribution is -2.01. The van der Waals surface area contributed by atoms with Crippen LogP contribution in [0.2, 0.25) is 5.02 Å². The van der Waals surface area contributed by atoms with Crippen molar-refractivity contribution >= 4 is 23.1 Å². The minimum atomic E-state index is -0.929. The zero-order chi connectivity index (χ0) is 22.2. The Bertz CT molecular complexity index is 1140. The summed E-state index contributed by atoms with van der Waals surface area (Å²) in [6.07, 6.45) is 1.78. The summed E-state index contributed by atoms with van der Waals surface area (Å²) in [7, 11) is 0. The highest BCUT2D eigenvalue weighted by molar-refractivity contribution is 6.32. The second-order valence-electron chi connectivity index (χ2n) is 6.64. The van der Waals surface area contributed by atoms with Gasteiger partial charge in [0.2, 0.25) is 0 Å². The van der Waals surface area contributed by atoms with Crippen LogP contribution >= 0.6 is 11.6 Å². The van der Waals surface area contributed by atoms with Crippen LogP contribution in [0.3, 0.4) is 0 Å². The quantitative estimate of drug-likeness (QED) is 0.556. The third-order valence-electron chi connectivity index (χ3n) is 4.53. The normalized spacial score (nSPS) is 9.90. The van der Waals surface area contributed by atoms with Crippen molar-refractivity contribution in [3.05, 3.63) is 106 Å². The Labute approximate surface area is 185 Å². The maximum Gasteiger partial charge on any atom is 0.307 e. The van der Waals surface area contributed by atoms with E-state index in [2.05, 4.69) is 12.1 Å². The first-order valence-corrected chi connectivity index (χ1v) is 9.72. The summed E-state index contributed by atoms with van der Waals surface area (Å²) in [6.45, 7) is 0.216. The van der Waals surface area contributed by atoms with Gasteiger partial charge in [0.1, 0.15) is 12.4 Å². The van der Waals surface area contributed by atoms with Gasteiger partial charge in [-0.25, -0.2) is 0 Å². The van der Waals surface area contributed by atoms with E-state index in [1.807, 2.05) is 30.3 Å². The van der Waals surface area contributed by atoms with E-state index in [0.717, 1.165) is 16.7 Å². The van der Waals surface area contributed by atoms with Gasteiger partial charge in [0.05, 0.1) is 34.7 Å². The lowest BCUT2D eigenvalue weighted by Gasteiger charge is -2.11. The van der Waals surface area contributed by atoms with Crippen molar-refractivity contribution in [2.24, 2.45) is 0 Å². The molecule has 0 atom stereocenters. The maximum atomic E-state index is 10.8. The molecule has 0 bridgehead atoms. The average Bonchev–Trinajstić information content (AvgIpc) is 2.78. The summed E-state index contributed by atoms with van der Waals surface area (Å²) < 4.78 is 5.80. The Hall–Kier alpha value is -4.06. The van der Waals surface area contributed by atoms with Crippen LogP contribution in [0.4, 0.5) is 0 Å². The molecule has 6 heteroatoms. The Kier molecular flexibility index (Phi) is 7.06. The number of carboxylic acid groups (broad SMARTS) is 1. The number of carbonyl (C=O) groups is 1. The lowest BCUT2D eigenvalue weighted by molar-refractivity contribution is -0.136. The molecule has 0 aliphatic carbocycles. The Morgan fingerprint density at radius 2 is 1.48 bits per heavy atom. The molecule has 0 saturated heterocycles. The number of nitriles is 2. The number of halogens is 1. The van der Waals surface area contributed by atoms with Crippen LogP contribution < -0.4 is 4.74 Å². The van der Waals surface area contributed by atoms with E-state index < -0.39 is 5.97 Å². The van der Waals surface area contributed by atoms with Crippen LogP contribution in [0.25, 0.3) is 5.57 Å². The van der Waals surface area contributed by atoms with E-state index in [-0.39, 0.29) is 13.0 Å². The SMILES string of the molecule is N#Cc1ccc(C(=CCOc2ccc(CC(=O)O)cc2Cl)c2ccc(C#N)cc2)cc1. The third kappa shape index (κ3) is 5.73. The Balaban J connectivity index is 1.86. The van der Waals surface area contributed by atoms with Gasteiger partial charge in [0, 0.05) is 0 Å². The van der Waals surface area contributed by atoms with Gasteiger partial charge in [-0.3, -0.25) is 4.79 Å². The number of ether oxygens (including phenoxy) is 1. The summed E-state index contributed by atoms with van der Waals surface area (Å²) in [5.41, 5.74) is 4.40. The topological polar surface area (TPSA) is 94.1 Å². The molecule has 0 radical (unpaired) electrons. The van der Waals surface area contributed by atoms with Gasteiger partial charge in [-0.15, -0.1) is 0 Å². The van der Waals surface area contributed by atoms with Crippen molar-refractivity contribution in [2.75, 3.05) is 6.61 Å². The average molecular weight is 429 g/mol. The van der Waals surface area contributed by atoms with Crippen molar-refractivity contribution in [3.63, 3.8) is 0 Å². The molecule has 3 rings (SSSR count). The smallest absolute Gasteiger partial charge is 0.307 e. The van der Waals surface area contributed by atoms with Crippen molar-refractivity contribution in [3.8, 4) is 17.9 Å². The van der Waals surface area contributed by atoms with E-state index in [4.69, 9.17) is 32.0 Å². The fraction of sp³-hybridized carbons (Fsp3) is 0.0800. The van der Waals surface area contributed by atoms with E-state index in [9.17, 15) is 4.79 Å². The lowest BCUT2D eigenvalue weighted by atomic mass is 9.96. The highest BCUT2D eigenvalue weighted by atomic mass is 35.5. The molecular formula is C25H17ClN2O3. The minimum Gasteiger partial charge on any atom is -0.488 e. The van der Waals surface area contributed by atoms with E-state index in [0.29, 0.717) is 27.5 Å². The van der Waals surface area contributed by atoms with Crippen LogP contribution in [0.15, 0.2) is 72.8 Å². The zero-order valence-electron chi connectivity index (χ0n) is 16.4. The summed E-state index contributed by atoms with van der Waals surface area (Å²) in [4.78, 5) is 10.8. The van der Waals surface area contributed by atoms with Gasteiger partial charge in [0.15, 0.2) is 0 Å². The molecule has 0 aliphatic rings. The molecule has 0 spiro atoms. The fourth-order valence-corrected chi connectivity index (χ4v) is 3.27. The van der Waals surface area contributed by atoms with Crippen molar-refractivity contribution in [1.29, 1.82) is 10.5 Å². The number of benzene rings is 3. The summed E-state index contributed by atoms with van der Waals surface area (Å²) in [5.74, 6) is -0.479. The molecule has 0 saturated carbocycles. The Morgan fingerprint density at radius 1 is 0.935 bits per heavy atom. The molecule has 3 aromatic carbocycles. The van der Waals surface area contributed by atoms with Gasteiger partial charge >= 0.3 is 5.97 Å². The van der Waals surface area contributed by atoms with Crippen molar-refractivity contribution in [1.82, 2.24) is 0 Å². The molecule has 5 nitrogen and oxygen atoms in total. The highest BCUT2D eigenvalue weighted by Gasteiger charge is 2.08. The standard InChI is InChI=1S/C25H17ClN2O3/c26-23-13-19(14-25(29)30)5-10-24(23)31-12-11-22(20-6-1-17(15-27)2-7-20)21-8-3-18(16-28)4-9-21/h1-11,13H,12,14H2,(H,29,30). The summed E-state index contributed by atoms with van der Waals surface area (Å²) in [6, 6.07) is 23.5. The predicted octanol–water partition coefficient (Wildman–Crippen LogP) is 5.22. The number of hydrogen-bond acceptors (Lipinski definition) is 4. The van der Waals surface area contributed by atoms with Crippen LogP contribution in [-0.2, 0) is 11.2 Å². The molecule has 0 aliphatic heterocycles. The van der Waals surface area contributed by atoms with Crippen LogP contribution in [-0.4, -0.2) is 17.7 Å². The third-order valence-corrected chi connectivity index (χ3v) is 4.82. The van der Waals surface area contributed by atoms with E-state index in [1.54, 1.807) is 42.5 Å². The van der Waals surface area contributed by atoms with Crippen molar-refractivity contribution in [2.45, 2.75) is 6.42 Å². The first-order valence-electron chi connectivity index (χ1n) is 9.34. The molecule has 0 aromatic heterocycles. The molecule has 3 aromatic rings. The largest absolute Gasteiger partial charge is 0.488 e. The summed E-state index contributed by atoms with van der Waals surface area (Å²) >= 11 is 6.23. The first-order chi connectivity index (χ1) is 15.0. The number of hydrogen-bond donors (Lipinski definition) is 1. The van der Waals surface area contributed by atoms with Gasteiger partial charge in [-0.2, -0.15) is 10.5 Å². The second-order valence-corrected chi connectivity index (χ2v) is 7.05. The molecule has 31 heavy (non-hydrogen) atoms. The molecular weight excluding hydrogens is 412 g/mol. The predicted molar refractivity (Wildman–Crippen MR) is 118 cm³/mol. The molecule has 152 valence electrons. The van der Waals surface area contributed by atoms with Crippen LogP contribution in [0, 0.1) is 22.7 Å². The number of rotatable bonds is 7. The van der Waals surface area contributed by atoms with Crippen LogP contribution in [0.1, 0.15) is 27.8 Å². The van der Waals surface area contributed by atoms with Gasteiger partial charge in [-0.1, -0.05) is 41.9 Å². The molecule has 1 N–H and O–H groups in total. The molecule has 0 amide bonds. The van der Waals surface area contributed by atoms with Gasteiger partial charge in [-0.05, 0) is 64.7 Å². The second kappa shape index (κ2) is 10.1. The van der Waals surface area contributed by atoms with E-state index >= 15 is 0 Å².